The van der Waals surface area contributed by atoms with E-state index in [1.54, 1.807) is 19.2 Å². The Morgan fingerprint density at radius 2 is 2.16 bits per heavy atom. The van der Waals surface area contributed by atoms with E-state index in [0.29, 0.717) is 18.8 Å². The van der Waals surface area contributed by atoms with Gasteiger partial charge in [0.15, 0.2) is 0 Å². The molecule has 0 atom stereocenters. The molecule has 0 radical (unpaired) electrons. The highest BCUT2D eigenvalue weighted by atomic mass is 79.9. The molecule has 0 bridgehead atoms. The minimum atomic E-state index is -0.378. The minimum absolute atomic E-state index is 0.00615. The highest BCUT2D eigenvalue weighted by Crippen LogP contribution is 2.29. The Bertz CT molecular complexity index is 450. The van der Waals surface area contributed by atoms with E-state index in [2.05, 4.69) is 35.1 Å². The van der Waals surface area contributed by atoms with Crippen molar-refractivity contribution in [3.63, 3.8) is 0 Å². The fourth-order valence-corrected chi connectivity index (χ4v) is 1.97. The van der Waals surface area contributed by atoms with Crippen LogP contribution in [0.4, 0.5) is 11.4 Å². The summed E-state index contributed by atoms with van der Waals surface area (Å²) in [5.41, 5.74) is 0.627. The Hall–Kier alpha value is -1.14. The molecule has 0 aliphatic heterocycles. The van der Waals surface area contributed by atoms with E-state index >= 15 is 0 Å². The monoisotopic (exact) mass is 330 g/mol. The third kappa shape index (κ3) is 5.16. The van der Waals surface area contributed by atoms with Gasteiger partial charge in [-0.2, -0.15) is 0 Å². The molecule has 1 rings (SSSR count). The van der Waals surface area contributed by atoms with Gasteiger partial charge in [0.25, 0.3) is 5.69 Å². The lowest BCUT2D eigenvalue weighted by atomic mass is 9.89. The van der Waals surface area contributed by atoms with Gasteiger partial charge < -0.3 is 10.1 Å². The number of nitrogens with zero attached hydrogens (tertiary/aromatic N) is 1. The summed E-state index contributed by atoms with van der Waals surface area (Å²) in [5, 5.41) is 14.1. The number of nitrogens with one attached hydrogen (secondary N) is 1. The lowest BCUT2D eigenvalue weighted by Gasteiger charge is -2.25. The third-order valence-corrected chi connectivity index (χ3v) is 3.39. The van der Waals surface area contributed by atoms with E-state index in [1.165, 1.54) is 6.07 Å². The molecule has 106 valence electrons. The molecule has 1 N–H and O–H groups in total. The van der Waals surface area contributed by atoms with Crippen LogP contribution in [0.15, 0.2) is 22.7 Å². The first-order valence-corrected chi connectivity index (χ1v) is 6.82. The Balaban J connectivity index is 2.76. The van der Waals surface area contributed by atoms with Crippen molar-refractivity contribution in [2.45, 2.75) is 20.3 Å². The third-order valence-electron chi connectivity index (χ3n) is 2.90. The summed E-state index contributed by atoms with van der Waals surface area (Å²) in [4.78, 5) is 10.6. The Morgan fingerprint density at radius 3 is 2.74 bits per heavy atom. The zero-order valence-corrected chi connectivity index (χ0v) is 13.0. The molecule has 1 aromatic carbocycles. The maximum Gasteiger partial charge on any atom is 0.292 e. The van der Waals surface area contributed by atoms with Gasteiger partial charge in [-0.3, -0.25) is 10.1 Å². The molecule has 19 heavy (non-hydrogen) atoms. The number of hydrogen-bond acceptors (Lipinski definition) is 4. The molecule has 0 unspecified atom stereocenters. The van der Waals surface area contributed by atoms with Crippen molar-refractivity contribution in [1.29, 1.82) is 0 Å². The number of methoxy groups -OCH3 is 1. The molecule has 0 aliphatic carbocycles. The fourth-order valence-electron chi connectivity index (χ4n) is 1.61. The molecular formula is C13H19BrN2O3. The van der Waals surface area contributed by atoms with Crippen LogP contribution in [0.3, 0.4) is 0 Å². The Kier molecular flexibility index (Phi) is 5.75. The summed E-state index contributed by atoms with van der Waals surface area (Å²) in [6, 6.07) is 4.89. The second-order valence-corrected chi connectivity index (χ2v) is 6.09. The fraction of sp³-hybridized carbons (Fsp3) is 0.538. The van der Waals surface area contributed by atoms with Crippen molar-refractivity contribution in [3.05, 3.63) is 32.8 Å². The molecule has 6 heteroatoms. The number of nitro groups is 1. The predicted octanol–water partition coefficient (Wildman–Crippen LogP) is 3.83. The van der Waals surface area contributed by atoms with Gasteiger partial charge in [-0.05, 0) is 24.0 Å². The summed E-state index contributed by atoms with van der Waals surface area (Å²) in [6.07, 6.45) is 0.887. The molecule has 1 aromatic rings. The van der Waals surface area contributed by atoms with E-state index in [9.17, 15) is 10.1 Å². The van der Waals surface area contributed by atoms with Gasteiger partial charge in [-0.25, -0.2) is 0 Å². The van der Waals surface area contributed by atoms with E-state index in [1.807, 2.05) is 0 Å². The first kappa shape index (κ1) is 15.9. The molecule has 0 heterocycles. The van der Waals surface area contributed by atoms with Gasteiger partial charge in [0.05, 0.1) is 4.92 Å². The van der Waals surface area contributed by atoms with Gasteiger partial charge in [0.1, 0.15) is 5.69 Å². The van der Waals surface area contributed by atoms with Crippen LogP contribution < -0.4 is 5.32 Å². The molecule has 0 fully saturated rings. The van der Waals surface area contributed by atoms with E-state index < -0.39 is 0 Å². The van der Waals surface area contributed by atoms with Crippen molar-refractivity contribution < 1.29 is 9.66 Å². The molecule has 0 amide bonds. The lowest BCUT2D eigenvalue weighted by molar-refractivity contribution is -0.384. The first-order valence-electron chi connectivity index (χ1n) is 6.02. The number of benzene rings is 1. The van der Waals surface area contributed by atoms with E-state index in [0.717, 1.165) is 10.9 Å². The second kappa shape index (κ2) is 6.86. The van der Waals surface area contributed by atoms with Gasteiger partial charge in [0, 0.05) is 30.8 Å². The average Bonchev–Trinajstić information content (AvgIpc) is 2.34. The molecule has 5 nitrogen and oxygen atoms in total. The smallest absolute Gasteiger partial charge is 0.292 e. The number of rotatable bonds is 7. The summed E-state index contributed by atoms with van der Waals surface area (Å²) < 4.78 is 5.88. The van der Waals surface area contributed by atoms with E-state index in [4.69, 9.17) is 4.74 Å². The van der Waals surface area contributed by atoms with Crippen LogP contribution in [0.1, 0.15) is 20.3 Å². The van der Waals surface area contributed by atoms with Gasteiger partial charge in [0.2, 0.25) is 0 Å². The van der Waals surface area contributed by atoms with Crippen molar-refractivity contribution >= 4 is 27.3 Å². The second-order valence-electron chi connectivity index (χ2n) is 5.18. The van der Waals surface area contributed by atoms with E-state index in [-0.39, 0.29) is 16.0 Å². The van der Waals surface area contributed by atoms with Crippen molar-refractivity contribution in [2.24, 2.45) is 5.41 Å². The van der Waals surface area contributed by atoms with Gasteiger partial charge in [-0.1, -0.05) is 29.8 Å². The zero-order valence-electron chi connectivity index (χ0n) is 11.4. The standard InChI is InChI=1S/C13H19BrN2O3/c1-13(2,6-7-19-3)9-15-11-8-10(14)4-5-12(11)16(17)18/h4-5,8,15H,6-7,9H2,1-3H3. The van der Waals surface area contributed by atoms with Crippen molar-refractivity contribution in [3.8, 4) is 0 Å². The largest absolute Gasteiger partial charge is 0.385 e. The molecule has 0 saturated heterocycles. The SMILES string of the molecule is COCCC(C)(C)CNc1cc(Br)ccc1[N+](=O)[O-]. The topological polar surface area (TPSA) is 64.4 Å². The molecule has 0 spiro atoms. The summed E-state index contributed by atoms with van der Waals surface area (Å²) in [5.74, 6) is 0. The Morgan fingerprint density at radius 1 is 1.47 bits per heavy atom. The number of hydrogen-bond donors (Lipinski definition) is 1. The zero-order chi connectivity index (χ0) is 14.5. The average molecular weight is 331 g/mol. The van der Waals surface area contributed by atoms with Crippen molar-refractivity contribution in [2.75, 3.05) is 25.6 Å². The van der Waals surface area contributed by atoms with Crippen LogP contribution in [-0.2, 0) is 4.74 Å². The quantitative estimate of drug-likeness (QED) is 0.609. The summed E-state index contributed by atoms with van der Waals surface area (Å²) in [6.45, 7) is 5.52. The predicted molar refractivity (Wildman–Crippen MR) is 79.6 cm³/mol. The molecule has 0 aliphatic rings. The van der Waals surface area contributed by atoms with Crippen LogP contribution in [0.25, 0.3) is 0 Å². The van der Waals surface area contributed by atoms with Crippen LogP contribution in [0.2, 0.25) is 0 Å². The number of nitro benzene ring substituents is 1. The number of halogens is 1. The molecular weight excluding hydrogens is 312 g/mol. The van der Waals surface area contributed by atoms with Crippen LogP contribution >= 0.6 is 15.9 Å². The summed E-state index contributed by atoms with van der Waals surface area (Å²) >= 11 is 3.33. The molecule has 0 saturated carbocycles. The highest BCUT2D eigenvalue weighted by molar-refractivity contribution is 9.10. The maximum absolute atomic E-state index is 11.0. The maximum atomic E-state index is 11.0. The van der Waals surface area contributed by atoms with Crippen LogP contribution in [-0.4, -0.2) is 25.2 Å². The number of ether oxygens (including phenoxy) is 1. The van der Waals surface area contributed by atoms with Crippen LogP contribution in [0.5, 0.6) is 0 Å². The van der Waals surface area contributed by atoms with Gasteiger partial charge in [-0.15, -0.1) is 0 Å². The normalized spacial score (nSPS) is 11.4. The Labute approximate surface area is 121 Å². The minimum Gasteiger partial charge on any atom is -0.385 e. The van der Waals surface area contributed by atoms with Crippen molar-refractivity contribution in [1.82, 2.24) is 0 Å². The lowest BCUT2D eigenvalue weighted by Crippen LogP contribution is -2.24. The highest BCUT2D eigenvalue weighted by Gasteiger charge is 2.20. The summed E-state index contributed by atoms with van der Waals surface area (Å²) in [7, 11) is 1.67. The molecule has 0 aromatic heterocycles. The van der Waals surface area contributed by atoms with Crippen LogP contribution in [0, 0.1) is 15.5 Å². The van der Waals surface area contributed by atoms with Gasteiger partial charge >= 0.3 is 0 Å². The number of anilines is 1. The first-order chi connectivity index (χ1) is 8.85.